The van der Waals surface area contributed by atoms with E-state index in [1.807, 2.05) is 4.90 Å². The summed E-state index contributed by atoms with van der Waals surface area (Å²) in [7, 11) is -1.02. The Bertz CT molecular complexity index is 923. The smallest absolute Gasteiger partial charge is 0.522 e. The summed E-state index contributed by atoms with van der Waals surface area (Å²) >= 11 is 0. The molecule has 1 aromatic carbocycles. The highest BCUT2D eigenvalue weighted by Gasteiger charge is 2.35. The lowest BCUT2D eigenvalue weighted by Gasteiger charge is -2.40. The Morgan fingerprint density at radius 2 is 2.00 bits per heavy atom. The summed E-state index contributed by atoms with van der Waals surface area (Å²) in [5, 5.41) is 32.0. The van der Waals surface area contributed by atoms with Crippen LogP contribution in [0, 0.1) is 0 Å². The first kappa shape index (κ1) is 20.8. The SMILES string of the molecule is Cl.O=C(O)c1c(OC2CN(C(=NO)c3ccncc3)C2)ccc2c1OB(O)CC2. The second-order valence-electron chi connectivity index (χ2n) is 6.65. The number of nitrogens with zero attached hydrogens (tertiary/aromatic N) is 3. The summed E-state index contributed by atoms with van der Waals surface area (Å²) in [6.45, 7) is 0.864. The normalized spacial score (nSPS) is 16.2. The van der Waals surface area contributed by atoms with Gasteiger partial charge in [-0.05, 0) is 36.5 Å². The standard InChI is InChI=1S/C18H18BN3O6.ClH/c23-18(24)15-14(2-1-11-3-6-19(25)28-16(11)15)27-13-9-22(10-13)17(21-26)12-4-7-20-8-5-12;/h1-2,4-5,7-8,13,25-26H,3,6,9-10H2,(H,23,24);1H. The Balaban J connectivity index is 0.00000240. The third-order valence-electron chi connectivity index (χ3n) is 4.80. The number of halogens is 1. The molecule has 1 aromatic heterocycles. The average molecular weight is 420 g/mol. The van der Waals surface area contributed by atoms with Crippen molar-refractivity contribution in [2.24, 2.45) is 5.16 Å². The van der Waals surface area contributed by atoms with Crippen LogP contribution in [-0.2, 0) is 6.42 Å². The van der Waals surface area contributed by atoms with E-state index in [4.69, 9.17) is 9.39 Å². The van der Waals surface area contributed by atoms with Crippen LogP contribution < -0.4 is 9.39 Å². The molecule has 0 aliphatic carbocycles. The lowest BCUT2D eigenvalue weighted by molar-refractivity contribution is 0.0588. The molecule has 0 amide bonds. The molecule has 0 bridgehead atoms. The minimum Gasteiger partial charge on any atom is -0.535 e. The van der Waals surface area contributed by atoms with Crippen molar-refractivity contribution < 1.29 is 29.5 Å². The second-order valence-corrected chi connectivity index (χ2v) is 6.65. The number of aromatic carboxylic acids is 1. The minimum absolute atomic E-state index is 0. The molecule has 9 nitrogen and oxygen atoms in total. The van der Waals surface area contributed by atoms with Crippen LogP contribution in [0.1, 0.15) is 21.5 Å². The first-order chi connectivity index (χ1) is 13.6. The Labute approximate surface area is 173 Å². The number of oxime groups is 1. The van der Waals surface area contributed by atoms with Crippen LogP contribution in [0.15, 0.2) is 41.8 Å². The summed E-state index contributed by atoms with van der Waals surface area (Å²) in [5.74, 6) is -0.421. The third-order valence-corrected chi connectivity index (χ3v) is 4.80. The van der Waals surface area contributed by atoms with Gasteiger partial charge in [-0.1, -0.05) is 11.2 Å². The van der Waals surface area contributed by atoms with Crippen LogP contribution in [0.4, 0.5) is 0 Å². The fraction of sp³-hybridized carbons (Fsp3) is 0.278. The molecule has 0 spiro atoms. The van der Waals surface area contributed by atoms with E-state index in [0.29, 0.717) is 31.7 Å². The van der Waals surface area contributed by atoms with Gasteiger partial charge < -0.3 is 29.6 Å². The fourth-order valence-corrected chi connectivity index (χ4v) is 3.38. The van der Waals surface area contributed by atoms with Crippen molar-refractivity contribution in [3.05, 3.63) is 53.3 Å². The number of carboxylic acids is 1. The number of aryl methyl sites for hydroxylation is 1. The lowest BCUT2D eigenvalue weighted by Crippen LogP contribution is -2.56. The summed E-state index contributed by atoms with van der Waals surface area (Å²) in [5.41, 5.74) is 1.37. The quantitative estimate of drug-likeness (QED) is 0.224. The monoisotopic (exact) mass is 419 g/mol. The molecule has 0 saturated carbocycles. The number of ether oxygens (including phenoxy) is 1. The maximum absolute atomic E-state index is 11.8. The van der Waals surface area contributed by atoms with Gasteiger partial charge in [0.1, 0.15) is 23.2 Å². The van der Waals surface area contributed by atoms with Crippen molar-refractivity contribution in [3.8, 4) is 11.5 Å². The molecule has 1 fully saturated rings. The Hall–Kier alpha value is -2.98. The molecule has 4 rings (SSSR count). The number of carboxylic acid groups (broad SMARTS) is 1. The maximum atomic E-state index is 11.8. The molecule has 0 unspecified atom stereocenters. The van der Waals surface area contributed by atoms with Gasteiger partial charge in [0.15, 0.2) is 5.84 Å². The largest absolute Gasteiger partial charge is 0.535 e. The number of hydrogen-bond donors (Lipinski definition) is 3. The van der Waals surface area contributed by atoms with Crippen molar-refractivity contribution in [2.75, 3.05) is 13.1 Å². The highest BCUT2D eigenvalue weighted by atomic mass is 35.5. The van der Waals surface area contributed by atoms with Crippen LogP contribution in [0.3, 0.4) is 0 Å². The van der Waals surface area contributed by atoms with Gasteiger partial charge in [-0.15, -0.1) is 12.4 Å². The highest BCUT2D eigenvalue weighted by Crippen LogP contribution is 2.37. The van der Waals surface area contributed by atoms with Crippen molar-refractivity contribution >= 4 is 31.3 Å². The van der Waals surface area contributed by atoms with Gasteiger partial charge in [0.05, 0.1) is 13.1 Å². The predicted molar refractivity (Wildman–Crippen MR) is 106 cm³/mol. The van der Waals surface area contributed by atoms with Crippen LogP contribution >= 0.6 is 12.4 Å². The molecule has 3 N–H and O–H groups in total. The first-order valence-electron chi connectivity index (χ1n) is 8.84. The van der Waals surface area contributed by atoms with E-state index in [2.05, 4.69) is 10.1 Å². The molecule has 2 aromatic rings. The third kappa shape index (κ3) is 4.08. The maximum Gasteiger partial charge on any atom is 0.522 e. The molecule has 2 aliphatic rings. The minimum atomic E-state index is -1.17. The zero-order valence-electron chi connectivity index (χ0n) is 15.3. The van der Waals surface area contributed by atoms with E-state index in [9.17, 15) is 20.1 Å². The lowest BCUT2D eigenvalue weighted by atomic mass is 9.78. The van der Waals surface area contributed by atoms with E-state index in [-0.39, 0.29) is 35.6 Å². The van der Waals surface area contributed by atoms with Crippen molar-refractivity contribution in [2.45, 2.75) is 18.8 Å². The van der Waals surface area contributed by atoms with Gasteiger partial charge in [0.25, 0.3) is 0 Å². The predicted octanol–water partition coefficient (Wildman–Crippen LogP) is 1.52. The van der Waals surface area contributed by atoms with Crippen molar-refractivity contribution in [1.82, 2.24) is 9.88 Å². The van der Waals surface area contributed by atoms with Crippen LogP contribution in [0.5, 0.6) is 11.5 Å². The van der Waals surface area contributed by atoms with Crippen LogP contribution in [0.25, 0.3) is 0 Å². The topological polar surface area (TPSA) is 125 Å². The number of hydrogen-bond acceptors (Lipinski definition) is 7. The molecule has 0 atom stereocenters. The van der Waals surface area contributed by atoms with Gasteiger partial charge in [-0.25, -0.2) is 4.79 Å². The van der Waals surface area contributed by atoms with E-state index in [1.165, 1.54) is 0 Å². The van der Waals surface area contributed by atoms with E-state index in [1.54, 1.807) is 36.7 Å². The van der Waals surface area contributed by atoms with Gasteiger partial charge in [-0.3, -0.25) is 4.98 Å². The number of amidine groups is 1. The number of pyridine rings is 1. The van der Waals surface area contributed by atoms with Crippen molar-refractivity contribution in [1.29, 1.82) is 0 Å². The van der Waals surface area contributed by atoms with E-state index < -0.39 is 13.1 Å². The summed E-state index contributed by atoms with van der Waals surface area (Å²) < 4.78 is 11.2. The fourth-order valence-electron chi connectivity index (χ4n) is 3.38. The number of rotatable bonds is 4. The molecule has 2 aliphatic heterocycles. The van der Waals surface area contributed by atoms with E-state index >= 15 is 0 Å². The number of benzene rings is 1. The van der Waals surface area contributed by atoms with Gasteiger partial charge >= 0.3 is 13.1 Å². The molecular weight excluding hydrogens is 400 g/mol. The zero-order chi connectivity index (χ0) is 19.7. The molecule has 29 heavy (non-hydrogen) atoms. The van der Waals surface area contributed by atoms with Crippen LogP contribution in [0.2, 0.25) is 6.32 Å². The molecular formula is C18H19BClN3O6. The van der Waals surface area contributed by atoms with Gasteiger partial charge in [-0.2, -0.15) is 0 Å². The molecule has 1 saturated heterocycles. The Morgan fingerprint density at radius 3 is 2.66 bits per heavy atom. The number of likely N-dealkylation sites (tertiary alicyclic amines) is 1. The Morgan fingerprint density at radius 1 is 1.28 bits per heavy atom. The highest BCUT2D eigenvalue weighted by molar-refractivity contribution is 6.44. The summed E-state index contributed by atoms with van der Waals surface area (Å²) in [6, 6.07) is 6.85. The number of aromatic nitrogens is 1. The molecule has 3 heterocycles. The molecule has 11 heteroatoms. The summed E-state index contributed by atoms with van der Waals surface area (Å²) in [6.07, 6.45) is 3.89. The average Bonchev–Trinajstić information content (AvgIpc) is 2.66. The zero-order valence-corrected chi connectivity index (χ0v) is 16.1. The van der Waals surface area contributed by atoms with Gasteiger partial charge in [0, 0.05) is 18.0 Å². The van der Waals surface area contributed by atoms with Crippen molar-refractivity contribution in [3.63, 3.8) is 0 Å². The van der Waals surface area contributed by atoms with Crippen LogP contribution in [-0.4, -0.2) is 63.3 Å². The number of fused-ring (bicyclic) bond motifs is 1. The Kier molecular flexibility index (Phi) is 6.14. The number of carbonyl (C=O) groups is 1. The van der Waals surface area contributed by atoms with E-state index in [0.717, 1.165) is 11.1 Å². The first-order valence-corrected chi connectivity index (χ1v) is 8.84. The van der Waals surface area contributed by atoms with Gasteiger partial charge in [0.2, 0.25) is 0 Å². The second kappa shape index (κ2) is 8.58. The molecule has 152 valence electrons. The molecule has 0 radical (unpaired) electrons. The summed E-state index contributed by atoms with van der Waals surface area (Å²) in [4.78, 5) is 17.5.